The molecule has 0 N–H and O–H groups in total. The molecule has 1 heterocycles. The Balaban J connectivity index is 2.34. The molecule has 1 atom stereocenters. The van der Waals surface area contributed by atoms with Gasteiger partial charge in [-0.15, -0.1) is 0 Å². The Hall–Kier alpha value is -0.380. The largest absolute Gasteiger partial charge is 0.402 e. The van der Waals surface area contributed by atoms with E-state index in [1.165, 1.54) is 6.92 Å². The van der Waals surface area contributed by atoms with Crippen molar-refractivity contribution in [2.24, 2.45) is 5.92 Å². The van der Waals surface area contributed by atoms with E-state index in [0.29, 0.717) is 15.6 Å². The molecule has 1 aromatic heterocycles. The van der Waals surface area contributed by atoms with Gasteiger partial charge in [0, 0.05) is 6.04 Å². The molecule has 4 nitrogen and oxygen atoms in total. The Morgan fingerprint density at radius 3 is 2.55 bits per heavy atom. The summed E-state index contributed by atoms with van der Waals surface area (Å²) in [4.78, 5) is 3.58. The van der Waals surface area contributed by atoms with Crippen molar-refractivity contribution < 1.29 is 21.6 Å². The Morgan fingerprint density at radius 2 is 2.15 bits per heavy atom. The van der Waals surface area contributed by atoms with E-state index in [-0.39, 0.29) is 14.6 Å². The van der Waals surface area contributed by atoms with Gasteiger partial charge in [-0.05, 0) is 25.7 Å². The van der Waals surface area contributed by atoms with Crippen LogP contribution in [0.1, 0.15) is 19.8 Å². The lowest BCUT2D eigenvalue weighted by Crippen LogP contribution is -2.45. The molecule has 1 unspecified atom stereocenters. The maximum Gasteiger partial charge on any atom is 0.402 e. The molecule has 1 aliphatic rings. The lowest BCUT2D eigenvalue weighted by Gasteiger charge is -2.28. The van der Waals surface area contributed by atoms with E-state index in [2.05, 4.69) is 4.98 Å². The molecule has 0 aromatic carbocycles. The third-order valence-corrected chi connectivity index (χ3v) is 6.60. The van der Waals surface area contributed by atoms with Crippen LogP contribution in [0.4, 0.5) is 13.2 Å². The summed E-state index contributed by atoms with van der Waals surface area (Å²) in [6.45, 7) is 0.00607. The van der Waals surface area contributed by atoms with E-state index >= 15 is 0 Å². The van der Waals surface area contributed by atoms with Gasteiger partial charge in [-0.2, -0.15) is 17.5 Å². The Bertz CT molecular complexity index is 584. The zero-order valence-electron chi connectivity index (χ0n) is 10.4. The first kappa shape index (κ1) is 16.0. The number of thiazole rings is 1. The fourth-order valence-corrected chi connectivity index (χ4v) is 5.01. The number of hydrogen-bond donors (Lipinski definition) is 0. The first-order chi connectivity index (χ1) is 9.11. The highest BCUT2D eigenvalue weighted by atomic mass is 35.5. The average Bonchev–Trinajstić information content (AvgIpc) is 3.06. The van der Waals surface area contributed by atoms with Gasteiger partial charge in [-0.3, -0.25) is 0 Å². The van der Waals surface area contributed by atoms with E-state index in [9.17, 15) is 21.6 Å². The minimum atomic E-state index is -4.59. The zero-order valence-corrected chi connectivity index (χ0v) is 12.8. The molecule has 0 bridgehead atoms. The molecule has 1 aromatic rings. The van der Waals surface area contributed by atoms with Crippen LogP contribution in [0.15, 0.2) is 10.4 Å². The first-order valence-electron chi connectivity index (χ1n) is 5.81. The minimum Gasteiger partial charge on any atom is -0.232 e. The van der Waals surface area contributed by atoms with Gasteiger partial charge < -0.3 is 0 Å². The molecular formula is C10H12ClF3N2O2S2. The molecule has 0 radical (unpaired) electrons. The molecule has 0 saturated heterocycles. The van der Waals surface area contributed by atoms with Gasteiger partial charge in [-0.1, -0.05) is 22.9 Å². The summed E-state index contributed by atoms with van der Waals surface area (Å²) in [7, 11) is -4.23. The van der Waals surface area contributed by atoms with Crippen molar-refractivity contribution in [3.63, 3.8) is 0 Å². The van der Waals surface area contributed by atoms with Crippen molar-refractivity contribution in [3.8, 4) is 0 Å². The van der Waals surface area contributed by atoms with Crippen molar-refractivity contribution in [1.82, 2.24) is 9.29 Å². The molecule has 1 saturated carbocycles. The fraction of sp³-hybridized carbons (Fsp3) is 0.700. The molecule has 0 amide bonds. The maximum absolute atomic E-state index is 12.7. The second kappa shape index (κ2) is 5.43. The van der Waals surface area contributed by atoms with Crippen LogP contribution in [-0.2, 0) is 10.0 Å². The second-order valence-corrected chi connectivity index (χ2v) is 8.41. The molecule has 114 valence electrons. The normalized spacial score (nSPS) is 18.5. The lowest BCUT2D eigenvalue weighted by atomic mass is 10.2. The predicted molar refractivity (Wildman–Crippen MR) is 69.3 cm³/mol. The van der Waals surface area contributed by atoms with Crippen LogP contribution in [0, 0.1) is 5.92 Å². The van der Waals surface area contributed by atoms with E-state index in [0.717, 1.165) is 19.0 Å². The Kier molecular flexibility index (Phi) is 4.35. The van der Waals surface area contributed by atoms with E-state index < -0.39 is 28.8 Å². The molecule has 20 heavy (non-hydrogen) atoms. The van der Waals surface area contributed by atoms with Crippen LogP contribution < -0.4 is 0 Å². The van der Waals surface area contributed by atoms with Crippen molar-refractivity contribution in [3.05, 3.63) is 10.7 Å². The third kappa shape index (κ3) is 3.63. The summed E-state index contributed by atoms with van der Waals surface area (Å²) >= 11 is 6.22. The number of sulfonamides is 1. The summed E-state index contributed by atoms with van der Waals surface area (Å²) in [5.74, 6) is -0.0180. The van der Waals surface area contributed by atoms with Gasteiger partial charge in [-0.25, -0.2) is 13.4 Å². The van der Waals surface area contributed by atoms with Crippen molar-refractivity contribution >= 4 is 33.0 Å². The molecule has 1 fully saturated rings. The third-order valence-electron chi connectivity index (χ3n) is 3.11. The highest BCUT2D eigenvalue weighted by molar-refractivity contribution is 7.91. The van der Waals surface area contributed by atoms with Crippen molar-refractivity contribution in [2.75, 3.05) is 6.54 Å². The van der Waals surface area contributed by atoms with Crippen LogP contribution in [0.3, 0.4) is 0 Å². The van der Waals surface area contributed by atoms with E-state index in [1.54, 1.807) is 0 Å². The number of hydrogen-bond acceptors (Lipinski definition) is 4. The Labute approximate surface area is 123 Å². The second-order valence-electron chi connectivity index (χ2n) is 4.68. The smallest absolute Gasteiger partial charge is 0.232 e. The first-order valence-corrected chi connectivity index (χ1v) is 8.44. The number of alkyl halides is 3. The van der Waals surface area contributed by atoms with Gasteiger partial charge in [0.2, 0.25) is 0 Å². The van der Waals surface area contributed by atoms with Crippen molar-refractivity contribution in [2.45, 2.75) is 36.2 Å². The van der Waals surface area contributed by atoms with Crippen LogP contribution >= 0.6 is 22.9 Å². The maximum atomic E-state index is 12.7. The summed E-state index contributed by atoms with van der Waals surface area (Å²) in [5, 5.41) is 0. The standard InChI is InChI=1S/C10H12ClF3N2O2S2/c1-6(7-2-3-7)16(5-10(12,13)14)20(17,18)8-4-15-9(11)19-8/h4,6-7H,2-3,5H2,1H3. The zero-order chi connectivity index (χ0) is 15.1. The molecule has 0 spiro atoms. The van der Waals surface area contributed by atoms with Gasteiger partial charge in [0.1, 0.15) is 6.54 Å². The molecule has 0 aliphatic heterocycles. The average molecular weight is 349 g/mol. The van der Waals surface area contributed by atoms with Gasteiger partial charge in [0.25, 0.3) is 10.0 Å². The van der Waals surface area contributed by atoms with Gasteiger partial charge in [0.15, 0.2) is 8.68 Å². The molecule has 10 heteroatoms. The minimum absolute atomic E-state index is 0.0180. The van der Waals surface area contributed by atoms with Crippen molar-refractivity contribution in [1.29, 1.82) is 0 Å². The highest BCUT2D eigenvalue weighted by Crippen LogP contribution is 2.39. The predicted octanol–water partition coefficient (Wildman–Crippen LogP) is 3.15. The number of halogens is 4. The Morgan fingerprint density at radius 1 is 1.55 bits per heavy atom. The summed E-state index contributed by atoms with van der Waals surface area (Å²) in [5.41, 5.74) is 0. The molecule has 2 rings (SSSR count). The number of nitrogens with zero attached hydrogens (tertiary/aromatic N) is 2. The van der Waals surface area contributed by atoms with Crippen LogP contribution in [-0.4, -0.2) is 36.5 Å². The summed E-state index contributed by atoms with van der Waals surface area (Å²) in [6.07, 6.45) is -2.11. The van der Waals surface area contributed by atoms with Crippen LogP contribution in [0.2, 0.25) is 4.47 Å². The fourth-order valence-electron chi connectivity index (χ4n) is 1.91. The highest BCUT2D eigenvalue weighted by Gasteiger charge is 2.44. The number of aromatic nitrogens is 1. The van der Waals surface area contributed by atoms with E-state index in [4.69, 9.17) is 11.6 Å². The number of rotatable bonds is 5. The molecular weight excluding hydrogens is 337 g/mol. The van der Waals surface area contributed by atoms with Gasteiger partial charge >= 0.3 is 6.18 Å². The monoisotopic (exact) mass is 348 g/mol. The topological polar surface area (TPSA) is 50.3 Å². The SMILES string of the molecule is CC(C1CC1)N(CC(F)(F)F)S(=O)(=O)c1cnc(Cl)s1. The quantitative estimate of drug-likeness (QED) is 0.821. The lowest BCUT2D eigenvalue weighted by molar-refractivity contribution is -0.139. The molecule has 1 aliphatic carbocycles. The van der Waals surface area contributed by atoms with Crippen LogP contribution in [0.25, 0.3) is 0 Å². The summed E-state index contributed by atoms with van der Waals surface area (Å²) < 4.78 is 62.9. The van der Waals surface area contributed by atoms with Gasteiger partial charge in [0.05, 0.1) is 6.20 Å². The van der Waals surface area contributed by atoms with E-state index in [1.807, 2.05) is 0 Å². The van der Waals surface area contributed by atoms with Crippen LogP contribution in [0.5, 0.6) is 0 Å². The summed E-state index contributed by atoms with van der Waals surface area (Å²) in [6, 6.07) is -0.692.